The van der Waals surface area contributed by atoms with Crippen LogP contribution in [0.1, 0.15) is 39.5 Å². The molecule has 3 nitrogen and oxygen atoms in total. The molecule has 3 unspecified atom stereocenters. The maximum absolute atomic E-state index is 12.6. The molecule has 3 heteroatoms. The summed E-state index contributed by atoms with van der Waals surface area (Å²) in [6, 6.07) is 0. The summed E-state index contributed by atoms with van der Waals surface area (Å²) in [5.41, 5.74) is -1.19. The van der Waals surface area contributed by atoms with Gasteiger partial charge in [0.05, 0.1) is 7.11 Å². The second kappa shape index (κ2) is 3.97. The number of hydrogen-bond acceptors (Lipinski definition) is 3. The number of carbonyl (C=O) groups is 2. The van der Waals surface area contributed by atoms with E-state index in [2.05, 4.69) is 6.08 Å². The van der Waals surface area contributed by atoms with Crippen LogP contribution in [0.3, 0.4) is 0 Å². The minimum absolute atomic E-state index is 0.103. The number of rotatable bonds is 2. The molecular weight excluding hydrogens is 216 g/mol. The summed E-state index contributed by atoms with van der Waals surface area (Å²) in [5, 5.41) is 0. The number of hydrogen-bond donors (Lipinski definition) is 0. The van der Waals surface area contributed by atoms with Crippen molar-refractivity contribution in [3.8, 4) is 0 Å². The lowest BCUT2D eigenvalue weighted by molar-refractivity contribution is -0.161. The number of Topliss-reactive ketones (excluding diaryl/α,β-unsaturated/α-hetero) is 1. The van der Waals surface area contributed by atoms with Gasteiger partial charge in [-0.1, -0.05) is 19.1 Å². The Hall–Kier alpha value is -1.12. The molecule has 0 radical (unpaired) electrons. The van der Waals surface area contributed by atoms with Crippen molar-refractivity contribution in [3.05, 3.63) is 12.2 Å². The van der Waals surface area contributed by atoms with Gasteiger partial charge in [0.25, 0.3) is 0 Å². The highest BCUT2D eigenvalue weighted by Gasteiger charge is 2.63. The summed E-state index contributed by atoms with van der Waals surface area (Å²) in [6.07, 6.45) is 7.13. The third-order valence-electron chi connectivity index (χ3n) is 4.73. The van der Waals surface area contributed by atoms with Gasteiger partial charge in [0, 0.05) is 5.41 Å². The van der Waals surface area contributed by atoms with E-state index in [4.69, 9.17) is 4.74 Å². The predicted molar refractivity (Wildman–Crippen MR) is 64.3 cm³/mol. The molecule has 2 aliphatic rings. The molecule has 2 fully saturated rings. The van der Waals surface area contributed by atoms with E-state index in [1.165, 1.54) is 7.11 Å². The first kappa shape index (κ1) is 12.3. The van der Waals surface area contributed by atoms with E-state index in [0.29, 0.717) is 12.8 Å². The van der Waals surface area contributed by atoms with Gasteiger partial charge in [0.15, 0.2) is 5.78 Å². The third kappa shape index (κ3) is 1.48. The number of fused-ring (bicyclic) bond motifs is 2. The summed E-state index contributed by atoms with van der Waals surface area (Å²) in [7, 11) is 1.37. The van der Waals surface area contributed by atoms with E-state index in [9.17, 15) is 9.59 Å². The molecule has 0 spiro atoms. The predicted octanol–water partition coefficient (Wildman–Crippen LogP) is 2.50. The Morgan fingerprint density at radius 2 is 2.12 bits per heavy atom. The Balaban J connectivity index is 2.37. The second-order valence-electron chi connectivity index (χ2n) is 5.49. The van der Waals surface area contributed by atoms with Crippen LogP contribution in [-0.4, -0.2) is 18.9 Å². The molecule has 0 heterocycles. The molecule has 2 saturated carbocycles. The maximum Gasteiger partial charge on any atom is 0.319 e. The van der Waals surface area contributed by atoms with Gasteiger partial charge in [0.1, 0.15) is 5.41 Å². The normalized spacial score (nSPS) is 40.9. The van der Waals surface area contributed by atoms with Crippen molar-refractivity contribution in [1.82, 2.24) is 0 Å². The lowest BCUT2D eigenvalue weighted by atomic mass is 9.63. The van der Waals surface area contributed by atoms with E-state index in [-0.39, 0.29) is 23.1 Å². The molecule has 0 saturated heterocycles. The molecule has 0 aromatic carbocycles. The summed E-state index contributed by atoms with van der Waals surface area (Å²) < 4.78 is 4.84. The van der Waals surface area contributed by atoms with Gasteiger partial charge < -0.3 is 4.74 Å². The summed E-state index contributed by atoms with van der Waals surface area (Å²) in [5.74, 6) is 0.0524. The molecule has 3 atom stereocenters. The fourth-order valence-corrected chi connectivity index (χ4v) is 3.59. The highest BCUT2D eigenvalue weighted by Crippen LogP contribution is 2.58. The number of carbonyl (C=O) groups excluding carboxylic acids is 2. The first-order valence-corrected chi connectivity index (χ1v) is 6.27. The number of allylic oxidation sites excluding steroid dienone is 2. The standard InChI is InChI=1S/C14H20O3/c1-4-5-10-6-7-14(12(16)17-3)9-8-13(10,2)11(14)15/h4-5,10H,6-9H2,1-3H3/b5-4-. The highest BCUT2D eigenvalue weighted by atomic mass is 16.5. The molecule has 2 rings (SSSR count). The van der Waals surface area contributed by atoms with Crippen LogP contribution in [-0.2, 0) is 14.3 Å². The van der Waals surface area contributed by atoms with Crippen LogP contribution in [0, 0.1) is 16.7 Å². The summed E-state index contributed by atoms with van der Waals surface area (Å²) in [4.78, 5) is 24.5. The number of ether oxygens (including phenoxy) is 1. The zero-order chi connectivity index (χ0) is 12.7. The van der Waals surface area contributed by atoms with Crippen LogP contribution in [0.2, 0.25) is 0 Å². The monoisotopic (exact) mass is 236 g/mol. The molecule has 0 aliphatic heterocycles. The van der Waals surface area contributed by atoms with E-state index in [0.717, 1.165) is 12.8 Å². The van der Waals surface area contributed by atoms with E-state index < -0.39 is 5.41 Å². The Morgan fingerprint density at radius 1 is 1.41 bits per heavy atom. The quantitative estimate of drug-likeness (QED) is 0.420. The molecular formula is C14H20O3. The molecule has 0 aromatic heterocycles. The molecule has 2 aliphatic carbocycles. The van der Waals surface area contributed by atoms with Gasteiger partial charge in [0.2, 0.25) is 0 Å². The fraction of sp³-hybridized carbons (Fsp3) is 0.714. The molecule has 0 aromatic rings. The third-order valence-corrected chi connectivity index (χ3v) is 4.73. The molecule has 0 N–H and O–H groups in total. The van der Waals surface area contributed by atoms with Crippen LogP contribution in [0.5, 0.6) is 0 Å². The highest BCUT2D eigenvalue weighted by molar-refractivity contribution is 6.08. The van der Waals surface area contributed by atoms with Crippen molar-refractivity contribution >= 4 is 11.8 Å². The zero-order valence-corrected chi connectivity index (χ0v) is 10.8. The molecule has 17 heavy (non-hydrogen) atoms. The van der Waals surface area contributed by atoms with Crippen molar-refractivity contribution < 1.29 is 14.3 Å². The van der Waals surface area contributed by atoms with Crippen LogP contribution >= 0.6 is 0 Å². The summed E-state index contributed by atoms with van der Waals surface area (Å²) >= 11 is 0. The van der Waals surface area contributed by atoms with Gasteiger partial charge in [-0.15, -0.1) is 0 Å². The topological polar surface area (TPSA) is 43.4 Å². The molecule has 0 amide bonds. The van der Waals surface area contributed by atoms with Crippen molar-refractivity contribution in [2.75, 3.05) is 7.11 Å². The average Bonchev–Trinajstić information content (AvgIpc) is 2.49. The van der Waals surface area contributed by atoms with Crippen LogP contribution in [0.25, 0.3) is 0 Å². The van der Waals surface area contributed by atoms with E-state index in [1.807, 2.05) is 19.9 Å². The lowest BCUT2D eigenvalue weighted by Gasteiger charge is -2.39. The van der Waals surface area contributed by atoms with Gasteiger partial charge >= 0.3 is 5.97 Å². The number of methoxy groups -OCH3 is 1. The minimum atomic E-state index is -0.832. The second-order valence-corrected chi connectivity index (χ2v) is 5.49. The van der Waals surface area contributed by atoms with Gasteiger partial charge in [-0.2, -0.15) is 0 Å². The van der Waals surface area contributed by atoms with Crippen LogP contribution in [0.4, 0.5) is 0 Å². The average molecular weight is 236 g/mol. The van der Waals surface area contributed by atoms with Crippen molar-refractivity contribution in [2.45, 2.75) is 39.5 Å². The first-order chi connectivity index (χ1) is 8.01. The number of esters is 1. The Labute approximate surface area is 102 Å². The van der Waals surface area contributed by atoms with E-state index in [1.54, 1.807) is 0 Å². The molecule has 94 valence electrons. The number of ketones is 1. The zero-order valence-electron chi connectivity index (χ0n) is 10.8. The van der Waals surface area contributed by atoms with Gasteiger partial charge in [-0.3, -0.25) is 9.59 Å². The fourth-order valence-electron chi connectivity index (χ4n) is 3.59. The lowest BCUT2D eigenvalue weighted by Crippen LogP contribution is -2.47. The first-order valence-electron chi connectivity index (χ1n) is 6.27. The van der Waals surface area contributed by atoms with Crippen LogP contribution < -0.4 is 0 Å². The van der Waals surface area contributed by atoms with Gasteiger partial charge in [-0.05, 0) is 38.5 Å². The van der Waals surface area contributed by atoms with Crippen molar-refractivity contribution in [1.29, 1.82) is 0 Å². The molecule has 2 bridgehead atoms. The maximum atomic E-state index is 12.6. The minimum Gasteiger partial charge on any atom is -0.468 e. The van der Waals surface area contributed by atoms with E-state index >= 15 is 0 Å². The largest absolute Gasteiger partial charge is 0.468 e. The van der Waals surface area contributed by atoms with Crippen molar-refractivity contribution in [3.63, 3.8) is 0 Å². The van der Waals surface area contributed by atoms with Gasteiger partial charge in [-0.25, -0.2) is 0 Å². The Kier molecular flexibility index (Phi) is 2.88. The van der Waals surface area contributed by atoms with Crippen molar-refractivity contribution in [2.24, 2.45) is 16.7 Å². The smallest absolute Gasteiger partial charge is 0.319 e. The SMILES string of the molecule is C/C=C\C1CCC2(C(=O)OC)CCC1(C)C2=O. The Bertz CT molecular complexity index is 385. The summed E-state index contributed by atoms with van der Waals surface area (Å²) in [6.45, 7) is 3.98. The Morgan fingerprint density at radius 3 is 2.71 bits per heavy atom. The van der Waals surface area contributed by atoms with Crippen LogP contribution in [0.15, 0.2) is 12.2 Å².